The molecule has 0 aliphatic heterocycles. The van der Waals surface area contributed by atoms with Crippen molar-refractivity contribution >= 4 is 21.6 Å². The van der Waals surface area contributed by atoms with E-state index in [0.717, 1.165) is 0 Å². The van der Waals surface area contributed by atoms with E-state index in [4.69, 9.17) is 11.6 Å². The number of nitrogens with one attached hydrogen (secondary N) is 1. The minimum absolute atomic E-state index is 0.0386. The Morgan fingerprint density at radius 3 is 2.16 bits per heavy atom. The lowest BCUT2D eigenvalue weighted by Crippen LogP contribution is -2.39. The summed E-state index contributed by atoms with van der Waals surface area (Å²) in [6.07, 6.45) is 1.42. The highest BCUT2D eigenvalue weighted by molar-refractivity contribution is 7.89. The summed E-state index contributed by atoms with van der Waals surface area (Å²) in [5.74, 6) is 0. The monoisotopic (exact) mass is 305 g/mol. The largest absolute Gasteiger partial charge is 0.396 e. The van der Waals surface area contributed by atoms with Gasteiger partial charge in [-0.25, -0.2) is 13.1 Å². The number of aliphatic hydroxyl groups is 1. The molecule has 0 bridgehead atoms. The number of halogens is 1. The minimum atomic E-state index is -3.56. The van der Waals surface area contributed by atoms with Crippen molar-refractivity contribution in [3.05, 3.63) is 29.3 Å². The Hall–Kier alpha value is -0.620. The number of hydrogen-bond donors (Lipinski definition) is 2. The fourth-order valence-corrected chi connectivity index (χ4v) is 3.01. The predicted molar refractivity (Wildman–Crippen MR) is 76.7 cm³/mol. The van der Waals surface area contributed by atoms with Crippen LogP contribution in [-0.2, 0) is 10.0 Å². The molecule has 0 radical (unpaired) electrons. The number of aliphatic hydroxyl groups excluding tert-OH is 1. The lowest BCUT2D eigenvalue weighted by Gasteiger charge is -2.29. The topological polar surface area (TPSA) is 66.4 Å². The summed E-state index contributed by atoms with van der Waals surface area (Å²) < 4.78 is 26.8. The standard InChI is InChI=1S/C13H20ClNO3S/c1-3-13(4-2,10-16)9-15-19(17,18)12-7-5-11(14)6-8-12/h5-8,15-16H,3-4,9-10H2,1-2H3. The third-order valence-electron chi connectivity index (χ3n) is 3.60. The van der Waals surface area contributed by atoms with E-state index >= 15 is 0 Å². The Labute approximate surface area is 119 Å². The summed E-state index contributed by atoms with van der Waals surface area (Å²) >= 11 is 5.73. The van der Waals surface area contributed by atoms with Gasteiger partial charge in [-0.2, -0.15) is 0 Å². The van der Waals surface area contributed by atoms with E-state index in [1.807, 2.05) is 13.8 Å². The number of benzene rings is 1. The van der Waals surface area contributed by atoms with Crippen LogP contribution < -0.4 is 4.72 Å². The first kappa shape index (κ1) is 16.4. The van der Waals surface area contributed by atoms with Gasteiger partial charge in [0.15, 0.2) is 0 Å². The zero-order chi connectivity index (χ0) is 14.5. The van der Waals surface area contributed by atoms with E-state index in [2.05, 4.69) is 4.72 Å². The van der Waals surface area contributed by atoms with E-state index in [9.17, 15) is 13.5 Å². The molecule has 0 aliphatic carbocycles. The van der Waals surface area contributed by atoms with Crippen molar-refractivity contribution in [2.45, 2.75) is 31.6 Å². The second-order valence-electron chi connectivity index (χ2n) is 4.64. The van der Waals surface area contributed by atoms with Crippen LogP contribution >= 0.6 is 11.6 Å². The molecule has 0 spiro atoms. The molecule has 1 rings (SSSR count). The van der Waals surface area contributed by atoms with Gasteiger partial charge in [-0.05, 0) is 37.1 Å². The molecule has 6 heteroatoms. The van der Waals surface area contributed by atoms with Crippen LogP contribution in [0.5, 0.6) is 0 Å². The van der Waals surface area contributed by atoms with Crippen LogP contribution in [0.4, 0.5) is 0 Å². The summed E-state index contributed by atoms with van der Waals surface area (Å²) in [6, 6.07) is 6.00. The van der Waals surface area contributed by atoms with Gasteiger partial charge in [0, 0.05) is 23.6 Å². The van der Waals surface area contributed by atoms with Gasteiger partial charge in [-0.3, -0.25) is 0 Å². The first-order chi connectivity index (χ1) is 8.89. The lowest BCUT2D eigenvalue weighted by atomic mass is 9.84. The second-order valence-corrected chi connectivity index (χ2v) is 6.85. The molecule has 0 amide bonds. The Morgan fingerprint density at radius 1 is 1.21 bits per heavy atom. The molecule has 0 heterocycles. The molecule has 108 valence electrons. The van der Waals surface area contributed by atoms with E-state index in [1.54, 1.807) is 0 Å². The van der Waals surface area contributed by atoms with Gasteiger partial charge in [-0.15, -0.1) is 0 Å². The van der Waals surface area contributed by atoms with Gasteiger partial charge in [0.1, 0.15) is 0 Å². The fourth-order valence-electron chi connectivity index (χ4n) is 1.72. The summed E-state index contributed by atoms with van der Waals surface area (Å²) in [5.41, 5.74) is -0.403. The summed E-state index contributed by atoms with van der Waals surface area (Å²) in [4.78, 5) is 0.177. The summed E-state index contributed by atoms with van der Waals surface area (Å²) in [5, 5.41) is 9.92. The van der Waals surface area contributed by atoms with Gasteiger partial charge in [-0.1, -0.05) is 25.4 Å². The number of sulfonamides is 1. The fraction of sp³-hybridized carbons (Fsp3) is 0.538. The first-order valence-electron chi connectivity index (χ1n) is 6.25. The molecule has 4 nitrogen and oxygen atoms in total. The van der Waals surface area contributed by atoms with E-state index in [-0.39, 0.29) is 18.0 Å². The van der Waals surface area contributed by atoms with Crippen LogP contribution in [0.25, 0.3) is 0 Å². The third-order valence-corrected chi connectivity index (χ3v) is 5.27. The van der Waals surface area contributed by atoms with Crippen LogP contribution in [0.1, 0.15) is 26.7 Å². The molecule has 0 unspecified atom stereocenters. The molecule has 0 saturated heterocycles. The second kappa shape index (κ2) is 6.70. The van der Waals surface area contributed by atoms with Crippen LogP contribution in [0, 0.1) is 5.41 Å². The number of hydrogen-bond acceptors (Lipinski definition) is 3. The Balaban J connectivity index is 2.83. The van der Waals surface area contributed by atoms with Crippen molar-refractivity contribution in [3.63, 3.8) is 0 Å². The van der Waals surface area contributed by atoms with Crippen LogP contribution in [0.15, 0.2) is 29.2 Å². The van der Waals surface area contributed by atoms with Crippen LogP contribution in [-0.4, -0.2) is 26.7 Å². The smallest absolute Gasteiger partial charge is 0.240 e. The van der Waals surface area contributed by atoms with Crippen molar-refractivity contribution in [1.82, 2.24) is 4.72 Å². The Kier molecular flexibility index (Phi) is 5.80. The molecule has 0 aromatic heterocycles. The van der Waals surface area contributed by atoms with E-state index in [0.29, 0.717) is 17.9 Å². The zero-order valence-corrected chi connectivity index (χ0v) is 12.8. The van der Waals surface area contributed by atoms with Gasteiger partial charge in [0.25, 0.3) is 0 Å². The molecule has 0 atom stereocenters. The molecule has 19 heavy (non-hydrogen) atoms. The zero-order valence-electron chi connectivity index (χ0n) is 11.2. The van der Waals surface area contributed by atoms with Crippen molar-refractivity contribution in [1.29, 1.82) is 0 Å². The molecule has 2 N–H and O–H groups in total. The Bertz CT molecular complexity index is 487. The molecular weight excluding hydrogens is 286 g/mol. The Morgan fingerprint density at radius 2 is 1.74 bits per heavy atom. The summed E-state index contributed by atoms with van der Waals surface area (Å²) in [7, 11) is -3.56. The van der Waals surface area contributed by atoms with Crippen molar-refractivity contribution in [3.8, 4) is 0 Å². The highest BCUT2D eigenvalue weighted by Gasteiger charge is 2.27. The highest BCUT2D eigenvalue weighted by atomic mass is 35.5. The third kappa shape index (κ3) is 4.18. The predicted octanol–water partition coefficient (Wildman–Crippen LogP) is 2.42. The quantitative estimate of drug-likeness (QED) is 0.813. The van der Waals surface area contributed by atoms with Crippen molar-refractivity contribution in [2.24, 2.45) is 5.41 Å². The average molecular weight is 306 g/mol. The lowest BCUT2D eigenvalue weighted by molar-refractivity contribution is 0.119. The highest BCUT2D eigenvalue weighted by Crippen LogP contribution is 2.25. The van der Waals surface area contributed by atoms with Gasteiger partial charge in [0.2, 0.25) is 10.0 Å². The maximum atomic E-state index is 12.1. The van der Waals surface area contributed by atoms with Gasteiger partial charge in [0.05, 0.1) is 4.90 Å². The minimum Gasteiger partial charge on any atom is -0.396 e. The van der Waals surface area contributed by atoms with Crippen molar-refractivity contribution in [2.75, 3.05) is 13.2 Å². The first-order valence-corrected chi connectivity index (χ1v) is 8.11. The summed E-state index contributed by atoms with van der Waals surface area (Å²) in [6.45, 7) is 4.07. The van der Waals surface area contributed by atoms with E-state index < -0.39 is 15.4 Å². The molecule has 0 saturated carbocycles. The molecular formula is C13H20ClNO3S. The maximum Gasteiger partial charge on any atom is 0.240 e. The molecule has 1 aromatic carbocycles. The average Bonchev–Trinajstić information content (AvgIpc) is 2.41. The molecule has 1 aromatic rings. The molecule has 0 aliphatic rings. The van der Waals surface area contributed by atoms with Crippen LogP contribution in [0.3, 0.4) is 0 Å². The van der Waals surface area contributed by atoms with Crippen molar-refractivity contribution < 1.29 is 13.5 Å². The van der Waals surface area contributed by atoms with Gasteiger partial charge < -0.3 is 5.11 Å². The van der Waals surface area contributed by atoms with Gasteiger partial charge >= 0.3 is 0 Å². The number of rotatable bonds is 7. The normalized spacial score (nSPS) is 12.6. The maximum absolute atomic E-state index is 12.1. The van der Waals surface area contributed by atoms with Crippen LogP contribution in [0.2, 0.25) is 5.02 Å². The van der Waals surface area contributed by atoms with E-state index in [1.165, 1.54) is 24.3 Å². The molecule has 0 fully saturated rings. The SMILES string of the molecule is CCC(CC)(CO)CNS(=O)(=O)c1ccc(Cl)cc1.